The van der Waals surface area contributed by atoms with Crippen LogP contribution in [0.3, 0.4) is 0 Å². The van der Waals surface area contributed by atoms with Crippen LogP contribution in [0.15, 0.2) is 109 Å². The first-order chi connectivity index (χ1) is 23.2. The number of primary amides is 2. The maximum atomic E-state index is 13.8. The van der Waals surface area contributed by atoms with Crippen LogP contribution in [0, 0.1) is 0 Å². The van der Waals surface area contributed by atoms with Gasteiger partial charge < -0.3 is 31.9 Å². The second-order valence-corrected chi connectivity index (χ2v) is 12.2. The molecule has 0 aliphatic carbocycles. The lowest BCUT2D eigenvalue weighted by Crippen LogP contribution is -2.50. The predicted octanol–water partition coefficient (Wildman–Crippen LogP) is 3.26. The minimum absolute atomic E-state index is 0.0514. The van der Waals surface area contributed by atoms with E-state index in [0.717, 1.165) is 43.2 Å². The van der Waals surface area contributed by atoms with Crippen molar-refractivity contribution in [3.8, 4) is 0 Å². The van der Waals surface area contributed by atoms with Crippen LogP contribution < -0.4 is 22.1 Å². The van der Waals surface area contributed by atoms with E-state index in [1.807, 2.05) is 60.7 Å². The third-order valence-corrected chi connectivity index (χ3v) is 8.62. The van der Waals surface area contributed by atoms with E-state index in [-0.39, 0.29) is 17.9 Å². The number of carbonyl (C=O) groups is 4. The van der Waals surface area contributed by atoms with Crippen molar-refractivity contribution in [2.75, 3.05) is 19.6 Å². The lowest BCUT2D eigenvalue weighted by atomic mass is 9.99. The Morgan fingerprint density at radius 3 is 1.67 bits per heavy atom. The summed E-state index contributed by atoms with van der Waals surface area (Å²) in [5.74, 6) is -1.13. The molecule has 0 spiro atoms. The first kappa shape index (κ1) is 36.0. The summed E-state index contributed by atoms with van der Waals surface area (Å²) in [7, 11) is 0. The summed E-state index contributed by atoms with van der Waals surface area (Å²) in [4.78, 5) is 53.6. The van der Waals surface area contributed by atoms with Crippen LogP contribution in [0.4, 0.5) is 0 Å². The monoisotopic (exact) mass is 652 g/mol. The first-order valence-electron chi connectivity index (χ1n) is 16.8. The summed E-state index contributed by atoms with van der Waals surface area (Å²) in [5.41, 5.74) is 13.7. The van der Waals surface area contributed by atoms with E-state index in [1.165, 1.54) is 0 Å². The summed E-state index contributed by atoms with van der Waals surface area (Å²) in [5, 5.41) is 7.16. The van der Waals surface area contributed by atoms with Gasteiger partial charge in [0.2, 0.25) is 23.6 Å². The zero-order valence-corrected chi connectivity index (χ0v) is 27.7. The Balaban J connectivity index is 1.35. The molecule has 3 atom stereocenters. The summed E-state index contributed by atoms with van der Waals surface area (Å²) < 4.78 is 0. The molecule has 6 N–H and O–H groups in total. The van der Waals surface area contributed by atoms with Crippen molar-refractivity contribution in [1.29, 1.82) is 0 Å². The van der Waals surface area contributed by atoms with E-state index >= 15 is 0 Å². The number of nitrogens with one attached hydrogen (secondary N) is 2. The van der Waals surface area contributed by atoms with Crippen LogP contribution in [0.5, 0.6) is 0 Å². The van der Waals surface area contributed by atoms with Crippen LogP contribution in [-0.2, 0) is 32.0 Å². The fourth-order valence-corrected chi connectivity index (χ4v) is 5.98. The number of amides is 4. The molecule has 1 unspecified atom stereocenters. The molecule has 0 bridgehead atoms. The molecule has 48 heavy (non-hydrogen) atoms. The van der Waals surface area contributed by atoms with Gasteiger partial charge in [-0.1, -0.05) is 92.6 Å². The zero-order chi connectivity index (χ0) is 34.3. The lowest BCUT2D eigenvalue weighted by molar-refractivity contribution is -0.131. The molecule has 254 valence electrons. The number of rotatable bonds is 18. The van der Waals surface area contributed by atoms with Crippen molar-refractivity contribution in [1.82, 2.24) is 20.4 Å². The number of hydrogen-bond acceptors (Lipinski definition) is 6. The number of nitrogens with two attached hydrogens (primary N) is 2. The Morgan fingerprint density at radius 1 is 0.708 bits per heavy atom. The van der Waals surface area contributed by atoms with Crippen molar-refractivity contribution < 1.29 is 19.2 Å². The maximum absolute atomic E-state index is 13.8. The molecule has 2 heterocycles. The van der Waals surface area contributed by atoms with Gasteiger partial charge in [-0.25, -0.2) is 0 Å². The van der Waals surface area contributed by atoms with Crippen LogP contribution in [0.2, 0.25) is 0 Å². The summed E-state index contributed by atoms with van der Waals surface area (Å²) in [6.45, 7) is 3.39. The zero-order valence-electron chi connectivity index (χ0n) is 27.7. The first-order valence-corrected chi connectivity index (χ1v) is 16.8. The minimum atomic E-state index is -0.511. The SMILES string of the molecule is CCCC(CCCCN[C@@H](Cc1ccccc1)C(=O)N1C=CC(C(N)=O)=CC1)N[C@@H](Cc1ccccc1)C(=O)N1C=CC(C(N)=O)=CC1. The normalized spacial score (nSPS) is 16.1. The van der Waals surface area contributed by atoms with Gasteiger partial charge in [0.05, 0.1) is 12.1 Å². The highest BCUT2D eigenvalue weighted by Crippen LogP contribution is 2.16. The molecule has 10 nitrogen and oxygen atoms in total. The molecule has 4 amide bonds. The molecule has 2 aromatic rings. The van der Waals surface area contributed by atoms with Gasteiger partial charge in [-0.3, -0.25) is 19.2 Å². The van der Waals surface area contributed by atoms with E-state index < -0.39 is 23.9 Å². The van der Waals surface area contributed by atoms with Gasteiger partial charge in [-0.2, -0.15) is 0 Å². The van der Waals surface area contributed by atoms with E-state index in [9.17, 15) is 19.2 Å². The third-order valence-electron chi connectivity index (χ3n) is 8.62. The second-order valence-electron chi connectivity index (χ2n) is 12.2. The highest BCUT2D eigenvalue weighted by atomic mass is 16.2. The molecule has 0 radical (unpaired) electrons. The van der Waals surface area contributed by atoms with E-state index in [1.54, 1.807) is 46.5 Å². The third kappa shape index (κ3) is 10.9. The van der Waals surface area contributed by atoms with Crippen LogP contribution >= 0.6 is 0 Å². The Labute approximate surface area is 283 Å². The Morgan fingerprint density at radius 2 is 1.21 bits per heavy atom. The second kappa shape index (κ2) is 18.5. The largest absolute Gasteiger partial charge is 0.366 e. The molecule has 0 aromatic heterocycles. The summed E-state index contributed by atoms with van der Waals surface area (Å²) >= 11 is 0. The number of carbonyl (C=O) groups excluding carboxylic acids is 4. The average Bonchev–Trinajstić information content (AvgIpc) is 3.11. The van der Waals surface area contributed by atoms with E-state index in [2.05, 4.69) is 17.6 Å². The van der Waals surface area contributed by atoms with Crippen LogP contribution in [0.25, 0.3) is 0 Å². The molecule has 10 heteroatoms. The summed E-state index contributed by atoms with van der Waals surface area (Å²) in [6.07, 6.45) is 15.4. The van der Waals surface area contributed by atoms with Gasteiger partial charge in [0, 0.05) is 42.7 Å². The fourth-order valence-electron chi connectivity index (χ4n) is 5.98. The number of hydrogen-bond donors (Lipinski definition) is 4. The van der Waals surface area contributed by atoms with Crippen molar-refractivity contribution in [3.63, 3.8) is 0 Å². The molecule has 2 aliphatic rings. The molecule has 0 fully saturated rings. The molecular formula is C38H48N6O4. The lowest BCUT2D eigenvalue weighted by Gasteiger charge is -2.30. The van der Waals surface area contributed by atoms with Gasteiger partial charge in [-0.15, -0.1) is 0 Å². The van der Waals surface area contributed by atoms with Gasteiger partial charge in [0.1, 0.15) is 0 Å². The van der Waals surface area contributed by atoms with Crippen molar-refractivity contribution in [3.05, 3.63) is 120 Å². The average molecular weight is 653 g/mol. The van der Waals surface area contributed by atoms with E-state index in [0.29, 0.717) is 43.6 Å². The van der Waals surface area contributed by atoms with Crippen LogP contribution in [0.1, 0.15) is 50.2 Å². The Hall–Kier alpha value is -4.80. The van der Waals surface area contributed by atoms with Crippen molar-refractivity contribution in [2.24, 2.45) is 11.5 Å². The van der Waals surface area contributed by atoms with Gasteiger partial charge in [0.25, 0.3) is 0 Å². The van der Waals surface area contributed by atoms with Gasteiger partial charge in [0.15, 0.2) is 0 Å². The van der Waals surface area contributed by atoms with Crippen molar-refractivity contribution >= 4 is 23.6 Å². The minimum Gasteiger partial charge on any atom is -0.366 e. The Bertz CT molecular complexity index is 1520. The maximum Gasteiger partial charge on any atom is 0.248 e. The quantitative estimate of drug-likeness (QED) is 0.182. The highest BCUT2D eigenvalue weighted by molar-refractivity contribution is 5.96. The number of benzene rings is 2. The molecule has 2 aliphatic heterocycles. The molecule has 2 aromatic carbocycles. The molecule has 4 rings (SSSR count). The molecule has 0 saturated carbocycles. The van der Waals surface area contributed by atoms with Crippen molar-refractivity contribution in [2.45, 2.75) is 70.0 Å². The molecular weight excluding hydrogens is 604 g/mol. The number of unbranched alkanes of at least 4 members (excludes halogenated alkanes) is 1. The molecule has 0 saturated heterocycles. The summed E-state index contributed by atoms with van der Waals surface area (Å²) in [6, 6.07) is 19.1. The van der Waals surface area contributed by atoms with Gasteiger partial charge >= 0.3 is 0 Å². The predicted molar refractivity (Wildman–Crippen MR) is 188 cm³/mol. The van der Waals surface area contributed by atoms with Crippen LogP contribution in [-0.4, -0.2) is 71.2 Å². The van der Waals surface area contributed by atoms with E-state index in [4.69, 9.17) is 11.5 Å². The Kier molecular flexibility index (Phi) is 13.9. The topological polar surface area (TPSA) is 151 Å². The fraction of sp³-hybridized carbons (Fsp3) is 0.368. The van der Waals surface area contributed by atoms with Gasteiger partial charge in [-0.05, 0) is 61.9 Å². The number of nitrogens with zero attached hydrogens (tertiary/aromatic N) is 2. The smallest absolute Gasteiger partial charge is 0.248 e. The standard InChI is InChI=1S/C38H48N6O4/c1-2-11-32(42-34(27-29-14-7-4-8-15-29)38(48)44-24-19-31(20-25-44)36(40)46)16-9-10-21-41-33(26-28-12-5-3-6-13-28)37(47)43-22-17-30(18-23-43)35(39)45/h3-8,12-15,17-20,22,24,32-34,41-42H,2,9-11,16,21,23,25-27H2,1H3,(H2,39,45)(H2,40,46)/t32?,33-,34-/m0/s1. The highest BCUT2D eigenvalue weighted by Gasteiger charge is 2.28.